The van der Waals surface area contributed by atoms with Crippen LogP contribution in [0.2, 0.25) is 0 Å². The van der Waals surface area contributed by atoms with Crippen molar-refractivity contribution in [3.8, 4) is 0 Å². The molecule has 1 saturated carbocycles. The van der Waals surface area contributed by atoms with Crippen LogP contribution in [0.25, 0.3) is 0 Å². The molecule has 0 unspecified atom stereocenters. The molecule has 21 heavy (non-hydrogen) atoms. The molecular formula is C15H21IN2O2S. The molecule has 2 fully saturated rings. The normalized spacial score (nSPS) is 23.3. The summed E-state index contributed by atoms with van der Waals surface area (Å²) in [5, 5.41) is 3.40. The number of benzene rings is 1. The Hall–Kier alpha value is -0.180. The highest BCUT2D eigenvalue weighted by Gasteiger charge is 2.45. The number of nitrogens with one attached hydrogen (secondary N) is 1. The first-order chi connectivity index (χ1) is 10.0. The van der Waals surface area contributed by atoms with E-state index in [1.165, 1.54) is 6.42 Å². The highest BCUT2D eigenvalue weighted by atomic mass is 127. The minimum Gasteiger partial charge on any atom is -0.314 e. The van der Waals surface area contributed by atoms with Crippen LogP contribution < -0.4 is 5.32 Å². The molecule has 1 heterocycles. The molecule has 116 valence electrons. The Labute approximate surface area is 140 Å². The van der Waals surface area contributed by atoms with E-state index < -0.39 is 10.0 Å². The van der Waals surface area contributed by atoms with Gasteiger partial charge in [-0.25, -0.2) is 8.42 Å². The molecular weight excluding hydrogens is 399 g/mol. The summed E-state index contributed by atoms with van der Waals surface area (Å²) in [6.45, 7) is 2.11. The summed E-state index contributed by atoms with van der Waals surface area (Å²) in [5.41, 5.74) is -0.210. The molecule has 4 nitrogen and oxygen atoms in total. The van der Waals surface area contributed by atoms with Crippen LogP contribution in [0.3, 0.4) is 0 Å². The van der Waals surface area contributed by atoms with Gasteiger partial charge in [0.25, 0.3) is 0 Å². The fourth-order valence-electron chi connectivity index (χ4n) is 3.57. The predicted molar refractivity (Wildman–Crippen MR) is 91.7 cm³/mol. The molecule has 2 aliphatic rings. The van der Waals surface area contributed by atoms with E-state index in [2.05, 4.69) is 27.9 Å². The van der Waals surface area contributed by atoms with Crippen LogP contribution in [-0.4, -0.2) is 37.9 Å². The number of hydrogen-bond acceptors (Lipinski definition) is 3. The van der Waals surface area contributed by atoms with Crippen molar-refractivity contribution in [2.24, 2.45) is 0 Å². The summed E-state index contributed by atoms with van der Waals surface area (Å²) in [6.07, 6.45) is 5.42. The maximum Gasteiger partial charge on any atom is 0.243 e. The number of halogens is 1. The lowest BCUT2D eigenvalue weighted by Gasteiger charge is -2.48. The Balaban J connectivity index is 1.97. The summed E-state index contributed by atoms with van der Waals surface area (Å²) in [5.74, 6) is 0. The number of hydrogen-bond donors (Lipinski definition) is 1. The topological polar surface area (TPSA) is 49.4 Å². The predicted octanol–water partition coefficient (Wildman–Crippen LogP) is 2.59. The largest absolute Gasteiger partial charge is 0.314 e. The smallest absolute Gasteiger partial charge is 0.243 e. The minimum atomic E-state index is -3.40. The minimum absolute atomic E-state index is 0.210. The van der Waals surface area contributed by atoms with Gasteiger partial charge in [-0.2, -0.15) is 4.31 Å². The van der Waals surface area contributed by atoms with E-state index in [0.717, 1.165) is 42.3 Å². The average Bonchev–Trinajstić information content (AvgIpc) is 2.49. The molecule has 1 N–H and O–H groups in total. The standard InChI is InChI=1S/C15H21IN2O2S/c16-13-4-6-14(7-5-13)21(19,20)18-11-10-17-12-15(18)8-2-1-3-9-15/h4-7,17H,1-3,8-12H2. The lowest BCUT2D eigenvalue weighted by atomic mass is 9.80. The number of nitrogens with zero attached hydrogens (tertiary/aromatic N) is 1. The molecule has 0 atom stereocenters. The summed E-state index contributed by atoms with van der Waals surface area (Å²) in [7, 11) is -3.40. The summed E-state index contributed by atoms with van der Waals surface area (Å²) in [6, 6.07) is 7.19. The van der Waals surface area contributed by atoms with E-state index >= 15 is 0 Å². The third-order valence-corrected chi connectivity index (χ3v) is 7.40. The van der Waals surface area contributed by atoms with Gasteiger partial charge in [0.15, 0.2) is 0 Å². The van der Waals surface area contributed by atoms with Gasteiger partial charge in [0.1, 0.15) is 0 Å². The van der Waals surface area contributed by atoms with E-state index in [0.29, 0.717) is 11.4 Å². The fourth-order valence-corrected chi connectivity index (χ4v) is 5.75. The van der Waals surface area contributed by atoms with E-state index in [1.807, 2.05) is 12.1 Å². The summed E-state index contributed by atoms with van der Waals surface area (Å²) in [4.78, 5) is 0.426. The van der Waals surface area contributed by atoms with Gasteiger partial charge in [0.2, 0.25) is 10.0 Å². The van der Waals surface area contributed by atoms with Crippen molar-refractivity contribution in [1.29, 1.82) is 0 Å². The first-order valence-corrected chi connectivity index (χ1v) is 10.1. The Bertz CT molecular complexity index is 586. The van der Waals surface area contributed by atoms with E-state index in [9.17, 15) is 8.42 Å². The third-order valence-electron chi connectivity index (χ3n) is 4.66. The lowest BCUT2D eigenvalue weighted by molar-refractivity contribution is 0.101. The van der Waals surface area contributed by atoms with Crippen LogP contribution in [0.1, 0.15) is 32.1 Å². The molecule has 1 aromatic carbocycles. The second-order valence-corrected chi connectivity index (χ2v) is 9.10. The van der Waals surface area contributed by atoms with Crippen molar-refractivity contribution < 1.29 is 8.42 Å². The third kappa shape index (κ3) is 3.00. The molecule has 1 spiro atoms. The highest BCUT2D eigenvalue weighted by molar-refractivity contribution is 14.1. The zero-order valence-corrected chi connectivity index (χ0v) is 15.0. The lowest BCUT2D eigenvalue weighted by Crippen LogP contribution is -2.63. The maximum atomic E-state index is 13.1. The molecule has 1 aliphatic carbocycles. The Morgan fingerprint density at radius 2 is 1.76 bits per heavy atom. The van der Waals surface area contributed by atoms with Crippen molar-refractivity contribution >= 4 is 32.6 Å². The zero-order chi connectivity index (χ0) is 14.9. The van der Waals surface area contributed by atoms with Crippen LogP contribution in [0.15, 0.2) is 29.2 Å². The van der Waals surface area contributed by atoms with Crippen LogP contribution in [0.5, 0.6) is 0 Å². The molecule has 6 heteroatoms. The molecule has 1 aromatic rings. The van der Waals surface area contributed by atoms with Gasteiger partial charge in [-0.3, -0.25) is 0 Å². The molecule has 0 radical (unpaired) electrons. The molecule has 1 saturated heterocycles. The van der Waals surface area contributed by atoms with Crippen molar-refractivity contribution in [2.75, 3.05) is 19.6 Å². The quantitative estimate of drug-likeness (QED) is 0.749. The second kappa shape index (κ2) is 6.14. The number of sulfonamides is 1. The van der Waals surface area contributed by atoms with Crippen LogP contribution in [-0.2, 0) is 10.0 Å². The van der Waals surface area contributed by atoms with Gasteiger partial charge in [-0.1, -0.05) is 19.3 Å². The van der Waals surface area contributed by atoms with Crippen LogP contribution in [0, 0.1) is 3.57 Å². The molecule has 1 aliphatic heterocycles. The molecule has 0 amide bonds. The fraction of sp³-hybridized carbons (Fsp3) is 0.600. The van der Waals surface area contributed by atoms with E-state index in [1.54, 1.807) is 16.4 Å². The first kappa shape index (κ1) is 15.7. The van der Waals surface area contributed by atoms with Crippen molar-refractivity contribution in [1.82, 2.24) is 9.62 Å². The Kier molecular flexibility index (Phi) is 4.59. The zero-order valence-electron chi connectivity index (χ0n) is 12.0. The van der Waals surface area contributed by atoms with Gasteiger partial charge in [0.05, 0.1) is 4.90 Å². The van der Waals surface area contributed by atoms with Gasteiger partial charge in [-0.15, -0.1) is 0 Å². The SMILES string of the molecule is O=S(=O)(c1ccc(I)cc1)N1CCNCC12CCCCC2. The van der Waals surface area contributed by atoms with Gasteiger partial charge < -0.3 is 5.32 Å². The first-order valence-electron chi connectivity index (χ1n) is 7.54. The maximum absolute atomic E-state index is 13.1. The average molecular weight is 420 g/mol. The van der Waals surface area contributed by atoms with E-state index in [-0.39, 0.29) is 5.54 Å². The number of piperazine rings is 1. The molecule has 0 bridgehead atoms. The second-order valence-electron chi connectivity index (χ2n) is 5.99. The Morgan fingerprint density at radius 3 is 2.43 bits per heavy atom. The Morgan fingerprint density at radius 1 is 1.10 bits per heavy atom. The van der Waals surface area contributed by atoms with Crippen LogP contribution >= 0.6 is 22.6 Å². The monoisotopic (exact) mass is 420 g/mol. The summed E-state index contributed by atoms with van der Waals surface area (Å²) >= 11 is 2.20. The van der Waals surface area contributed by atoms with Gasteiger partial charge in [-0.05, 0) is 59.7 Å². The number of rotatable bonds is 2. The van der Waals surface area contributed by atoms with E-state index in [4.69, 9.17) is 0 Å². The molecule has 0 aromatic heterocycles. The van der Waals surface area contributed by atoms with Crippen molar-refractivity contribution in [3.05, 3.63) is 27.8 Å². The van der Waals surface area contributed by atoms with Crippen LogP contribution in [0.4, 0.5) is 0 Å². The van der Waals surface area contributed by atoms with Gasteiger partial charge >= 0.3 is 0 Å². The van der Waals surface area contributed by atoms with Crippen molar-refractivity contribution in [3.63, 3.8) is 0 Å². The molecule has 3 rings (SSSR count). The van der Waals surface area contributed by atoms with Gasteiger partial charge in [0, 0.05) is 28.7 Å². The van der Waals surface area contributed by atoms with Crippen molar-refractivity contribution in [2.45, 2.75) is 42.5 Å². The summed E-state index contributed by atoms with van der Waals surface area (Å²) < 4.78 is 29.0. The highest BCUT2D eigenvalue weighted by Crippen LogP contribution is 2.38.